The fourth-order valence-corrected chi connectivity index (χ4v) is 4.35. The van der Waals surface area contributed by atoms with Crippen LogP contribution in [0.2, 0.25) is 0 Å². The number of hydrogen-bond donors (Lipinski definition) is 0. The summed E-state index contributed by atoms with van der Waals surface area (Å²) in [5.74, 6) is 1.43. The van der Waals surface area contributed by atoms with Crippen molar-refractivity contribution in [3.63, 3.8) is 0 Å². The fraction of sp³-hybridized carbons (Fsp3) is 0.947. The topological polar surface area (TPSA) is 26.3 Å². The maximum absolute atomic E-state index is 12.9. The van der Waals surface area contributed by atoms with E-state index in [2.05, 4.69) is 34.6 Å². The summed E-state index contributed by atoms with van der Waals surface area (Å²) in [6.45, 7) is 11.1. The molecule has 2 atom stereocenters. The molecule has 0 amide bonds. The standard InChI is InChI=1S/C19H36O2/c1-15(2)11-8-7-9-13-17(20)19(21-6)16(3)12-10-14-18(19,4)5/h15-16H,7-14H2,1-6H3. The molecular formula is C19H36O2. The van der Waals surface area contributed by atoms with Crippen LogP contribution in [0.5, 0.6) is 0 Å². The van der Waals surface area contributed by atoms with Crippen LogP contribution in [0.4, 0.5) is 0 Å². The monoisotopic (exact) mass is 296 g/mol. The van der Waals surface area contributed by atoms with Gasteiger partial charge in [0.25, 0.3) is 0 Å². The zero-order valence-electron chi connectivity index (χ0n) is 15.1. The van der Waals surface area contributed by atoms with Crippen LogP contribution in [0.25, 0.3) is 0 Å². The predicted molar refractivity (Wildman–Crippen MR) is 89.5 cm³/mol. The third kappa shape index (κ3) is 4.09. The lowest BCUT2D eigenvalue weighted by Crippen LogP contribution is -2.59. The normalized spacial score (nSPS) is 28.8. The van der Waals surface area contributed by atoms with Crippen molar-refractivity contribution in [2.75, 3.05) is 7.11 Å². The van der Waals surface area contributed by atoms with Gasteiger partial charge in [-0.25, -0.2) is 0 Å². The van der Waals surface area contributed by atoms with E-state index in [0.717, 1.165) is 25.2 Å². The second kappa shape index (κ2) is 7.76. The van der Waals surface area contributed by atoms with Crippen molar-refractivity contribution in [2.45, 2.75) is 91.6 Å². The van der Waals surface area contributed by atoms with Crippen molar-refractivity contribution in [1.29, 1.82) is 0 Å². The smallest absolute Gasteiger partial charge is 0.165 e. The molecule has 0 N–H and O–H groups in total. The van der Waals surface area contributed by atoms with Crippen LogP contribution in [-0.4, -0.2) is 18.5 Å². The highest BCUT2D eigenvalue weighted by atomic mass is 16.5. The Kier molecular flexibility index (Phi) is 6.90. The molecule has 1 aliphatic carbocycles. The number of ketones is 1. The van der Waals surface area contributed by atoms with Gasteiger partial charge in [0.2, 0.25) is 0 Å². The average Bonchev–Trinajstić information content (AvgIpc) is 2.37. The molecule has 2 unspecified atom stereocenters. The zero-order valence-corrected chi connectivity index (χ0v) is 15.1. The number of ether oxygens (including phenoxy) is 1. The molecule has 124 valence electrons. The lowest BCUT2D eigenvalue weighted by atomic mass is 9.58. The Labute approximate surface area is 132 Å². The van der Waals surface area contributed by atoms with Gasteiger partial charge in [-0.05, 0) is 31.1 Å². The number of rotatable bonds is 8. The summed E-state index contributed by atoms with van der Waals surface area (Å²) < 4.78 is 5.91. The number of carbonyl (C=O) groups excluding carboxylic acids is 1. The van der Waals surface area contributed by atoms with E-state index in [1.807, 2.05) is 0 Å². The Morgan fingerprint density at radius 3 is 2.43 bits per heavy atom. The molecule has 0 spiro atoms. The highest BCUT2D eigenvalue weighted by Gasteiger charge is 2.55. The summed E-state index contributed by atoms with van der Waals surface area (Å²) in [5, 5.41) is 0. The molecule has 2 heteroatoms. The molecule has 0 saturated heterocycles. The Bertz CT molecular complexity index is 332. The van der Waals surface area contributed by atoms with Gasteiger partial charge in [0.1, 0.15) is 5.60 Å². The van der Waals surface area contributed by atoms with Gasteiger partial charge in [0, 0.05) is 18.9 Å². The van der Waals surface area contributed by atoms with Crippen molar-refractivity contribution in [2.24, 2.45) is 17.3 Å². The first kappa shape index (κ1) is 18.7. The second-order valence-corrected chi connectivity index (χ2v) is 8.03. The van der Waals surface area contributed by atoms with E-state index in [1.54, 1.807) is 7.11 Å². The van der Waals surface area contributed by atoms with E-state index >= 15 is 0 Å². The van der Waals surface area contributed by atoms with Gasteiger partial charge < -0.3 is 4.74 Å². The summed E-state index contributed by atoms with van der Waals surface area (Å²) in [6, 6.07) is 0. The molecule has 0 aliphatic heterocycles. The van der Waals surface area contributed by atoms with E-state index in [1.165, 1.54) is 25.7 Å². The highest BCUT2D eigenvalue weighted by Crippen LogP contribution is 2.50. The highest BCUT2D eigenvalue weighted by molar-refractivity contribution is 5.88. The molecule has 0 bridgehead atoms. The van der Waals surface area contributed by atoms with Gasteiger partial charge in [-0.3, -0.25) is 4.79 Å². The van der Waals surface area contributed by atoms with Crippen molar-refractivity contribution in [1.82, 2.24) is 0 Å². The van der Waals surface area contributed by atoms with Gasteiger partial charge in [0.05, 0.1) is 0 Å². The summed E-state index contributed by atoms with van der Waals surface area (Å²) in [7, 11) is 1.74. The van der Waals surface area contributed by atoms with Crippen LogP contribution >= 0.6 is 0 Å². The maximum atomic E-state index is 12.9. The van der Waals surface area contributed by atoms with E-state index in [4.69, 9.17) is 4.74 Å². The molecule has 1 fully saturated rings. The van der Waals surface area contributed by atoms with Gasteiger partial charge in [-0.15, -0.1) is 0 Å². The third-order valence-corrected chi connectivity index (χ3v) is 5.56. The van der Waals surface area contributed by atoms with Crippen molar-refractivity contribution in [3.05, 3.63) is 0 Å². The molecular weight excluding hydrogens is 260 g/mol. The van der Waals surface area contributed by atoms with E-state index in [9.17, 15) is 4.79 Å². The largest absolute Gasteiger partial charge is 0.370 e. The van der Waals surface area contributed by atoms with E-state index in [-0.39, 0.29) is 5.41 Å². The SMILES string of the molecule is COC1(C(=O)CCCCCC(C)C)C(C)CCCC1(C)C. The minimum atomic E-state index is -0.566. The summed E-state index contributed by atoms with van der Waals surface area (Å²) in [6.07, 6.45) is 8.77. The van der Waals surface area contributed by atoms with Gasteiger partial charge in [-0.1, -0.05) is 60.3 Å². The Morgan fingerprint density at radius 2 is 1.90 bits per heavy atom. The first-order valence-electron chi connectivity index (χ1n) is 8.86. The molecule has 21 heavy (non-hydrogen) atoms. The molecule has 1 rings (SSSR count). The van der Waals surface area contributed by atoms with Gasteiger partial charge in [0.15, 0.2) is 5.78 Å². The number of unbranched alkanes of at least 4 members (excludes halogenated alkanes) is 2. The molecule has 1 aliphatic rings. The predicted octanol–water partition coefficient (Wildman–Crippen LogP) is 5.39. The van der Waals surface area contributed by atoms with Crippen molar-refractivity contribution < 1.29 is 9.53 Å². The molecule has 2 nitrogen and oxygen atoms in total. The van der Waals surface area contributed by atoms with Crippen LogP contribution in [-0.2, 0) is 9.53 Å². The minimum Gasteiger partial charge on any atom is -0.370 e. The van der Waals surface area contributed by atoms with Crippen LogP contribution in [0, 0.1) is 17.3 Å². The summed E-state index contributed by atoms with van der Waals surface area (Å²) >= 11 is 0. The molecule has 0 heterocycles. The molecule has 0 radical (unpaired) electrons. The first-order chi connectivity index (χ1) is 9.78. The van der Waals surface area contributed by atoms with Crippen LogP contribution in [0.3, 0.4) is 0 Å². The van der Waals surface area contributed by atoms with E-state index < -0.39 is 5.60 Å². The van der Waals surface area contributed by atoms with Crippen molar-refractivity contribution in [3.8, 4) is 0 Å². The van der Waals surface area contributed by atoms with Gasteiger partial charge in [-0.2, -0.15) is 0 Å². The lowest BCUT2D eigenvalue weighted by molar-refractivity contribution is -0.179. The summed E-state index contributed by atoms with van der Waals surface area (Å²) in [4.78, 5) is 12.9. The number of carbonyl (C=O) groups is 1. The summed E-state index contributed by atoms with van der Waals surface area (Å²) in [5.41, 5.74) is -0.613. The maximum Gasteiger partial charge on any atom is 0.165 e. The van der Waals surface area contributed by atoms with Gasteiger partial charge >= 0.3 is 0 Å². The molecule has 0 aromatic rings. The molecule has 0 aromatic heterocycles. The third-order valence-electron chi connectivity index (χ3n) is 5.56. The Balaban J connectivity index is 2.63. The number of methoxy groups -OCH3 is 1. The Morgan fingerprint density at radius 1 is 1.24 bits per heavy atom. The molecule has 1 saturated carbocycles. The Hall–Kier alpha value is -0.370. The fourth-order valence-electron chi connectivity index (χ4n) is 4.35. The lowest BCUT2D eigenvalue weighted by Gasteiger charge is -2.51. The van der Waals surface area contributed by atoms with Crippen LogP contribution in [0.15, 0.2) is 0 Å². The number of hydrogen-bond acceptors (Lipinski definition) is 2. The van der Waals surface area contributed by atoms with E-state index in [0.29, 0.717) is 18.1 Å². The van der Waals surface area contributed by atoms with Crippen LogP contribution < -0.4 is 0 Å². The van der Waals surface area contributed by atoms with Crippen LogP contribution in [0.1, 0.15) is 86.0 Å². The quantitative estimate of drug-likeness (QED) is 0.561. The average molecular weight is 296 g/mol. The zero-order chi connectivity index (χ0) is 16.1. The minimum absolute atomic E-state index is 0.0472. The molecule has 0 aromatic carbocycles. The van der Waals surface area contributed by atoms with Crippen molar-refractivity contribution >= 4 is 5.78 Å². The second-order valence-electron chi connectivity index (χ2n) is 8.03. The number of Topliss-reactive ketones (excluding diaryl/α,β-unsaturated/α-hetero) is 1. The first-order valence-corrected chi connectivity index (χ1v) is 8.86.